The quantitative estimate of drug-likeness (QED) is 0.931. The average Bonchev–Trinajstić information content (AvgIpc) is 2.98. The summed E-state index contributed by atoms with van der Waals surface area (Å²) in [6, 6.07) is 3.99. The molecular weight excluding hydrogens is 260 g/mol. The van der Waals surface area contributed by atoms with Crippen molar-refractivity contribution in [2.75, 3.05) is 12.8 Å². The van der Waals surface area contributed by atoms with Crippen molar-refractivity contribution in [3.8, 4) is 0 Å². The number of thiophene rings is 1. The number of carbonyl (C=O) groups is 1. The van der Waals surface area contributed by atoms with Crippen LogP contribution in [0.5, 0.6) is 0 Å². The van der Waals surface area contributed by atoms with Gasteiger partial charge >= 0.3 is 0 Å². The van der Waals surface area contributed by atoms with Crippen molar-refractivity contribution in [2.24, 2.45) is 0 Å². The second kappa shape index (κ2) is 5.44. The van der Waals surface area contributed by atoms with Crippen LogP contribution in [-0.2, 0) is 13.1 Å². The summed E-state index contributed by atoms with van der Waals surface area (Å²) in [5, 5.41) is 6.28. The molecule has 0 aromatic carbocycles. The third-order valence-electron chi connectivity index (χ3n) is 3.00. The van der Waals surface area contributed by atoms with Crippen LogP contribution < -0.4 is 5.73 Å². The molecule has 2 aromatic rings. The van der Waals surface area contributed by atoms with Crippen molar-refractivity contribution < 1.29 is 4.79 Å². The Kier molecular flexibility index (Phi) is 3.90. The molecule has 2 rings (SSSR count). The van der Waals surface area contributed by atoms with Gasteiger partial charge in [-0.1, -0.05) is 6.07 Å². The molecule has 0 aliphatic carbocycles. The number of nitrogen functional groups attached to an aromatic ring is 1. The van der Waals surface area contributed by atoms with Crippen molar-refractivity contribution in [3.05, 3.63) is 33.8 Å². The number of amides is 1. The third kappa shape index (κ3) is 2.63. The van der Waals surface area contributed by atoms with E-state index >= 15 is 0 Å². The van der Waals surface area contributed by atoms with Gasteiger partial charge < -0.3 is 10.6 Å². The zero-order valence-corrected chi connectivity index (χ0v) is 12.2. The molecule has 2 N–H and O–H groups in total. The van der Waals surface area contributed by atoms with Crippen molar-refractivity contribution in [1.82, 2.24) is 14.7 Å². The summed E-state index contributed by atoms with van der Waals surface area (Å²) in [7, 11) is 1.78. The van der Waals surface area contributed by atoms with E-state index in [-0.39, 0.29) is 5.91 Å². The van der Waals surface area contributed by atoms with Crippen LogP contribution in [0, 0.1) is 6.92 Å². The van der Waals surface area contributed by atoms with Crippen molar-refractivity contribution >= 4 is 22.9 Å². The molecule has 0 atom stereocenters. The standard InChI is InChI=1S/C13H18N4OS/c1-4-17-12(11(14)9(2)15-17)13(18)16(3)8-10-6-5-7-19-10/h5-7H,4,8,14H2,1-3H3. The lowest BCUT2D eigenvalue weighted by Gasteiger charge is -2.17. The Morgan fingerprint density at radius 1 is 1.58 bits per heavy atom. The normalized spacial score (nSPS) is 10.7. The van der Waals surface area contributed by atoms with Crippen LogP contribution in [-0.4, -0.2) is 27.6 Å². The van der Waals surface area contributed by atoms with E-state index in [1.807, 2.05) is 31.4 Å². The molecular formula is C13H18N4OS. The zero-order valence-electron chi connectivity index (χ0n) is 11.4. The van der Waals surface area contributed by atoms with Gasteiger partial charge in [-0.25, -0.2) is 0 Å². The summed E-state index contributed by atoms with van der Waals surface area (Å²) in [6.07, 6.45) is 0. The van der Waals surface area contributed by atoms with Gasteiger partial charge in [0.2, 0.25) is 0 Å². The molecule has 0 aliphatic heterocycles. The predicted molar refractivity (Wildman–Crippen MR) is 77.2 cm³/mol. The van der Waals surface area contributed by atoms with E-state index in [0.717, 1.165) is 4.88 Å². The Labute approximate surface area is 116 Å². The Morgan fingerprint density at radius 2 is 2.32 bits per heavy atom. The monoisotopic (exact) mass is 278 g/mol. The van der Waals surface area contributed by atoms with E-state index in [4.69, 9.17) is 5.73 Å². The summed E-state index contributed by atoms with van der Waals surface area (Å²) in [5.41, 5.74) is 7.63. The molecule has 1 amide bonds. The number of nitrogens with zero attached hydrogens (tertiary/aromatic N) is 3. The maximum absolute atomic E-state index is 12.5. The molecule has 2 heterocycles. The summed E-state index contributed by atoms with van der Waals surface area (Å²) in [5.74, 6) is -0.0895. The molecule has 0 saturated heterocycles. The first-order valence-electron chi connectivity index (χ1n) is 6.15. The summed E-state index contributed by atoms with van der Waals surface area (Å²) in [4.78, 5) is 15.3. The highest BCUT2D eigenvalue weighted by atomic mass is 32.1. The van der Waals surface area contributed by atoms with Crippen LogP contribution >= 0.6 is 11.3 Å². The lowest BCUT2D eigenvalue weighted by atomic mass is 10.2. The Morgan fingerprint density at radius 3 is 2.89 bits per heavy atom. The van der Waals surface area contributed by atoms with E-state index in [1.165, 1.54) is 0 Å². The topological polar surface area (TPSA) is 64.2 Å². The lowest BCUT2D eigenvalue weighted by Crippen LogP contribution is -2.28. The van der Waals surface area contributed by atoms with Crippen LogP contribution in [0.4, 0.5) is 5.69 Å². The van der Waals surface area contributed by atoms with Crippen LogP contribution in [0.3, 0.4) is 0 Å². The molecule has 19 heavy (non-hydrogen) atoms. The molecule has 2 aromatic heterocycles. The first-order valence-corrected chi connectivity index (χ1v) is 7.03. The van der Waals surface area contributed by atoms with Crippen LogP contribution in [0.2, 0.25) is 0 Å². The molecule has 0 spiro atoms. The molecule has 0 bridgehead atoms. The maximum atomic E-state index is 12.5. The van der Waals surface area contributed by atoms with E-state index < -0.39 is 0 Å². The summed E-state index contributed by atoms with van der Waals surface area (Å²) < 4.78 is 1.66. The third-order valence-corrected chi connectivity index (χ3v) is 3.86. The van der Waals surface area contributed by atoms with Gasteiger partial charge in [-0.15, -0.1) is 11.3 Å². The van der Waals surface area contributed by atoms with Crippen molar-refractivity contribution in [2.45, 2.75) is 26.9 Å². The van der Waals surface area contributed by atoms with Gasteiger partial charge in [0, 0.05) is 18.5 Å². The Bertz CT molecular complexity index is 574. The molecule has 0 saturated carbocycles. The number of nitrogens with two attached hydrogens (primary N) is 1. The average molecular weight is 278 g/mol. The highest BCUT2D eigenvalue weighted by Gasteiger charge is 2.22. The highest BCUT2D eigenvalue weighted by molar-refractivity contribution is 7.09. The minimum absolute atomic E-state index is 0.0895. The van der Waals surface area contributed by atoms with E-state index in [2.05, 4.69) is 5.10 Å². The van der Waals surface area contributed by atoms with Gasteiger partial charge in [0.05, 0.1) is 17.9 Å². The largest absolute Gasteiger partial charge is 0.395 e. The Hall–Kier alpha value is -1.82. The van der Waals surface area contributed by atoms with Crippen LogP contribution in [0.1, 0.15) is 28.0 Å². The van der Waals surface area contributed by atoms with Crippen LogP contribution in [0.25, 0.3) is 0 Å². The number of hydrogen-bond acceptors (Lipinski definition) is 4. The molecule has 0 unspecified atom stereocenters. The predicted octanol–water partition coefficient (Wildman–Crippen LogP) is 2.13. The van der Waals surface area contributed by atoms with E-state index in [0.29, 0.717) is 30.2 Å². The van der Waals surface area contributed by atoms with E-state index in [9.17, 15) is 4.79 Å². The van der Waals surface area contributed by atoms with Crippen molar-refractivity contribution in [3.63, 3.8) is 0 Å². The minimum atomic E-state index is -0.0895. The molecule has 0 aliphatic rings. The zero-order chi connectivity index (χ0) is 14.0. The minimum Gasteiger partial charge on any atom is -0.395 e. The number of hydrogen-bond donors (Lipinski definition) is 1. The molecule has 5 nitrogen and oxygen atoms in total. The van der Waals surface area contributed by atoms with Gasteiger partial charge in [0.15, 0.2) is 0 Å². The van der Waals surface area contributed by atoms with Gasteiger partial charge in [-0.2, -0.15) is 5.10 Å². The van der Waals surface area contributed by atoms with Gasteiger partial charge in [0.1, 0.15) is 5.69 Å². The smallest absolute Gasteiger partial charge is 0.274 e. The number of rotatable bonds is 4. The van der Waals surface area contributed by atoms with Gasteiger partial charge in [0.25, 0.3) is 5.91 Å². The van der Waals surface area contributed by atoms with Crippen molar-refractivity contribution in [1.29, 1.82) is 0 Å². The summed E-state index contributed by atoms with van der Waals surface area (Å²) >= 11 is 1.64. The second-order valence-electron chi connectivity index (χ2n) is 4.40. The highest BCUT2D eigenvalue weighted by Crippen LogP contribution is 2.19. The molecule has 6 heteroatoms. The second-order valence-corrected chi connectivity index (χ2v) is 5.44. The van der Waals surface area contributed by atoms with Gasteiger partial charge in [-0.3, -0.25) is 9.48 Å². The number of aryl methyl sites for hydroxylation is 2. The SMILES string of the molecule is CCn1nc(C)c(N)c1C(=O)N(C)Cc1cccs1. The number of aromatic nitrogens is 2. The Balaban J connectivity index is 2.24. The fraction of sp³-hybridized carbons (Fsp3) is 0.385. The maximum Gasteiger partial charge on any atom is 0.274 e. The number of carbonyl (C=O) groups excluding carboxylic acids is 1. The van der Waals surface area contributed by atoms with Gasteiger partial charge in [-0.05, 0) is 25.3 Å². The molecule has 102 valence electrons. The molecule has 0 fully saturated rings. The first-order chi connectivity index (χ1) is 9.04. The fourth-order valence-electron chi connectivity index (χ4n) is 1.94. The van der Waals surface area contributed by atoms with E-state index in [1.54, 1.807) is 28.0 Å². The number of anilines is 1. The molecule has 0 radical (unpaired) electrons. The van der Waals surface area contributed by atoms with Crippen LogP contribution in [0.15, 0.2) is 17.5 Å². The lowest BCUT2D eigenvalue weighted by molar-refractivity contribution is 0.0775. The first kappa shape index (κ1) is 13.6. The summed E-state index contributed by atoms with van der Waals surface area (Å²) in [6.45, 7) is 4.98. The fourth-order valence-corrected chi connectivity index (χ4v) is 2.70.